The number of anilines is 1. The number of halogens is 1. The van der Waals surface area contributed by atoms with Crippen LogP contribution in [0.2, 0.25) is 0 Å². The number of nitrogens with one attached hydrogen (secondary N) is 1. The number of carbonyl (C=O) groups excluding carboxylic acids is 2. The molecule has 0 radical (unpaired) electrons. The van der Waals surface area contributed by atoms with Gasteiger partial charge in [-0.2, -0.15) is 15.1 Å². The maximum absolute atomic E-state index is 14.6. The van der Waals surface area contributed by atoms with Gasteiger partial charge in [0.25, 0.3) is 0 Å². The number of rotatable bonds is 14. The Hall–Kier alpha value is -3.85. The van der Waals surface area contributed by atoms with Crippen molar-refractivity contribution in [2.24, 2.45) is 5.92 Å². The fourth-order valence-corrected chi connectivity index (χ4v) is 6.03. The lowest BCUT2D eigenvalue weighted by Gasteiger charge is -2.25. The largest absolute Gasteiger partial charge is 0.476 e. The smallest absolute Gasteiger partial charge is 0.459 e. The Morgan fingerprint density at radius 3 is 2.57 bits per heavy atom. The highest BCUT2D eigenvalue weighted by Crippen LogP contribution is 2.47. The third-order valence-electron chi connectivity index (χ3n) is 6.37. The van der Waals surface area contributed by atoms with Crippen molar-refractivity contribution in [2.75, 3.05) is 25.6 Å². The molecule has 0 spiro atoms. The minimum atomic E-state index is -4.31. The quantitative estimate of drug-likeness (QED) is 0.193. The number of aromatic nitrogens is 4. The molecule has 1 fully saturated rings. The monoisotopic (exact) mass is 638 g/mol. The van der Waals surface area contributed by atoms with Crippen LogP contribution in [-0.4, -0.2) is 75.7 Å². The summed E-state index contributed by atoms with van der Waals surface area (Å²) in [5.74, 6) is -2.23. The molecule has 44 heavy (non-hydrogen) atoms. The number of nitrogens with zero attached hydrogens (tertiary/aromatic N) is 4. The Labute approximate surface area is 253 Å². The molecule has 15 nitrogen and oxygen atoms in total. The zero-order valence-corrected chi connectivity index (χ0v) is 25.8. The van der Waals surface area contributed by atoms with Gasteiger partial charge >= 0.3 is 19.7 Å². The number of imidazole rings is 1. The average Bonchev–Trinajstić information content (AvgIpc) is 3.52. The summed E-state index contributed by atoms with van der Waals surface area (Å²) in [5, 5.41) is 2.58. The van der Waals surface area contributed by atoms with E-state index in [9.17, 15) is 18.5 Å². The van der Waals surface area contributed by atoms with Gasteiger partial charge < -0.3 is 29.2 Å². The summed E-state index contributed by atoms with van der Waals surface area (Å²) in [5.41, 5.74) is 6.34. The summed E-state index contributed by atoms with van der Waals surface area (Å²) in [4.78, 5) is 37.2. The molecule has 1 aliphatic heterocycles. The number of carbonyl (C=O) groups is 2. The minimum Gasteiger partial charge on any atom is -0.476 e. The van der Waals surface area contributed by atoms with E-state index >= 15 is 0 Å². The van der Waals surface area contributed by atoms with Crippen molar-refractivity contribution in [2.45, 2.75) is 65.2 Å². The summed E-state index contributed by atoms with van der Waals surface area (Å²) in [7, 11) is -4.31. The van der Waals surface area contributed by atoms with Gasteiger partial charge in [-0.05, 0) is 39.8 Å². The van der Waals surface area contributed by atoms with Crippen molar-refractivity contribution in [3.05, 3.63) is 36.7 Å². The Balaban J connectivity index is 1.63. The molecule has 1 unspecified atom stereocenters. The summed E-state index contributed by atoms with van der Waals surface area (Å²) in [6, 6.07) is 7.05. The van der Waals surface area contributed by atoms with Crippen LogP contribution in [0.25, 0.3) is 11.2 Å². The lowest BCUT2D eigenvalue weighted by molar-refractivity contribution is -0.154. The van der Waals surface area contributed by atoms with Gasteiger partial charge in [-0.25, -0.2) is 9.55 Å². The normalized spacial score (nSPS) is 22.0. The molecule has 0 aliphatic carbocycles. The lowest BCUT2D eigenvalue weighted by atomic mass is 10.00. The number of nitrogen functional groups attached to an aromatic ring is 1. The summed E-state index contributed by atoms with van der Waals surface area (Å²) in [6.45, 7) is 6.53. The van der Waals surface area contributed by atoms with E-state index in [2.05, 4.69) is 20.0 Å². The molecule has 17 heteroatoms. The predicted molar refractivity (Wildman–Crippen MR) is 154 cm³/mol. The minimum absolute atomic E-state index is 0.109. The molecule has 3 N–H and O–H groups in total. The molecule has 3 aromatic rings. The predicted octanol–water partition coefficient (Wildman–Crippen LogP) is 3.36. The second-order valence-corrected chi connectivity index (χ2v) is 11.8. The lowest BCUT2D eigenvalue weighted by Crippen LogP contribution is -2.37. The van der Waals surface area contributed by atoms with E-state index in [0.29, 0.717) is 0 Å². The average molecular weight is 639 g/mol. The van der Waals surface area contributed by atoms with E-state index in [-0.39, 0.29) is 35.3 Å². The molecule has 0 saturated carbocycles. The Kier molecular flexibility index (Phi) is 10.7. The van der Waals surface area contributed by atoms with E-state index < -0.39 is 69.5 Å². The van der Waals surface area contributed by atoms with Gasteiger partial charge in [0.05, 0.1) is 44.3 Å². The van der Waals surface area contributed by atoms with Gasteiger partial charge in [0.2, 0.25) is 11.8 Å². The van der Waals surface area contributed by atoms with Crippen molar-refractivity contribution in [1.82, 2.24) is 24.6 Å². The van der Waals surface area contributed by atoms with Crippen molar-refractivity contribution in [3.8, 4) is 11.6 Å². The molecule has 0 bridgehead atoms. The second kappa shape index (κ2) is 14.3. The highest BCUT2D eigenvalue weighted by molar-refractivity contribution is 7.52. The number of alkyl halides is 1. The maximum Gasteiger partial charge on any atom is 0.459 e. The third kappa shape index (κ3) is 7.80. The number of nitrogens with two attached hydrogens (primary N) is 1. The SMILES string of the molecule is CCOc1nc(N)nc2c1ncn2[C@@H]1O[C@H](COP(=O)(N[C@@H](C)C(=O)OC(C)C)Oc2ccccc2)[C@@H](CF)[C@H]1OC(C)=O. The number of fused-ring (bicyclic) bond motifs is 1. The second-order valence-electron chi connectivity index (χ2n) is 10.1. The van der Waals surface area contributed by atoms with E-state index in [1.807, 2.05) is 0 Å². The number of para-hydroxylation sites is 1. The van der Waals surface area contributed by atoms with E-state index in [1.165, 1.54) is 24.7 Å². The first-order valence-electron chi connectivity index (χ1n) is 13.9. The Morgan fingerprint density at radius 2 is 1.93 bits per heavy atom. The summed E-state index contributed by atoms with van der Waals surface area (Å²) < 4.78 is 63.8. The van der Waals surface area contributed by atoms with Crippen molar-refractivity contribution >= 4 is 36.8 Å². The van der Waals surface area contributed by atoms with Crippen LogP contribution in [0.15, 0.2) is 36.7 Å². The molecule has 2 aromatic heterocycles. The van der Waals surface area contributed by atoms with Crippen LogP contribution in [0.4, 0.5) is 10.3 Å². The molecular formula is C27H36FN6O9P. The molecule has 1 saturated heterocycles. The number of hydrogen-bond donors (Lipinski definition) is 2. The van der Waals surface area contributed by atoms with E-state index in [4.69, 9.17) is 33.7 Å². The molecule has 6 atom stereocenters. The first kappa shape index (κ1) is 33.1. The fourth-order valence-electron chi connectivity index (χ4n) is 4.53. The molecule has 3 heterocycles. The van der Waals surface area contributed by atoms with Crippen molar-refractivity contribution < 1.29 is 46.5 Å². The van der Waals surface area contributed by atoms with E-state index in [0.717, 1.165) is 0 Å². The topological polar surface area (TPSA) is 188 Å². The number of ether oxygens (including phenoxy) is 4. The van der Waals surface area contributed by atoms with Gasteiger partial charge in [-0.15, -0.1) is 0 Å². The summed E-state index contributed by atoms with van der Waals surface area (Å²) in [6.07, 6.45) is -2.47. The van der Waals surface area contributed by atoms with Gasteiger partial charge in [0.1, 0.15) is 11.8 Å². The summed E-state index contributed by atoms with van der Waals surface area (Å²) >= 11 is 0. The van der Waals surface area contributed by atoms with Crippen LogP contribution >= 0.6 is 7.75 Å². The standard InChI is InChI=1S/C27H36FN6O9P/c1-6-38-24-21-23(31-27(29)32-24)34(14-30-21)25-22(41-17(5)35)19(12-28)20(42-25)13-39-44(37,43-18-10-8-7-9-11-18)33-16(4)26(36)40-15(2)3/h7-11,14-16,19-20,22,25H,6,12-13H2,1-5H3,(H,33,37)(H2,29,31,32)/t16-,19+,20+,22+,25+,44?/m0/s1. The first-order chi connectivity index (χ1) is 20.9. The van der Waals surface area contributed by atoms with Gasteiger partial charge in [-0.1, -0.05) is 18.2 Å². The number of hydrogen-bond acceptors (Lipinski definition) is 13. The van der Waals surface area contributed by atoms with Crippen LogP contribution in [0, 0.1) is 5.92 Å². The van der Waals surface area contributed by atoms with Crippen LogP contribution in [0.3, 0.4) is 0 Å². The molecule has 1 aromatic carbocycles. The van der Waals surface area contributed by atoms with Crippen LogP contribution in [-0.2, 0) is 32.9 Å². The van der Waals surface area contributed by atoms with Crippen molar-refractivity contribution in [1.29, 1.82) is 0 Å². The Bertz CT molecular complexity index is 1490. The fraction of sp³-hybridized carbons (Fsp3) is 0.519. The zero-order valence-electron chi connectivity index (χ0n) is 24.9. The molecule has 1 aliphatic rings. The highest BCUT2D eigenvalue weighted by atomic mass is 31.2. The Morgan fingerprint density at radius 1 is 1.20 bits per heavy atom. The zero-order chi connectivity index (χ0) is 32.0. The van der Waals surface area contributed by atoms with Gasteiger partial charge in [0, 0.05) is 6.92 Å². The van der Waals surface area contributed by atoms with E-state index in [1.54, 1.807) is 51.1 Å². The van der Waals surface area contributed by atoms with Gasteiger partial charge in [-0.3, -0.25) is 23.1 Å². The molecule has 240 valence electrons. The van der Waals surface area contributed by atoms with Crippen LogP contribution in [0.5, 0.6) is 11.6 Å². The number of esters is 2. The first-order valence-corrected chi connectivity index (χ1v) is 15.5. The number of benzene rings is 1. The van der Waals surface area contributed by atoms with Crippen LogP contribution in [0.1, 0.15) is 40.8 Å². The maximum atomic E-state index is 14.6. The highest BCUT2D eigenvalue weighted by Gasteiger charge is 2.49. The van der Waals surface area contributed by atoms with Crippen molar-refractivity contribution in [3.63, 3.8) is 0 Å². The molecule has 4 rings (SSSR count). The van der Waals surface area contributed by atoms with Crippen LogP contribution < -0.4 is 20.1 Å². The van der Waals surface area contributed by atoms with Gasteiger partial charge in [0.15, 0.2) is 23.5 Å². The molecule has 0 amide bonds. The third-order valence-corrected chi connectivity index (χ3v) is 8.02. The molecular weight excluding hydrogens is 602 g/mol.